The van der Waals surface area contributed by atoms with Gasteiger partial charge in [-0.05, 0) is 73.5 Å². The second-order valence-corrected chi connectivity index (χ2v) is 22.0. The number of imidazole rings is 1. The Kier molecular flexibility index (Phi) is 9.07. The third-order valence-electron chi connectivity index (χ3n) is 10.8. The monoisotopic (exact) mass is 702 g/mol. The van der Waals surface area contributed by atoms with Crippen LogP contribution in [0.3, 0.4) is 0 Å². The van der Waals surface area contributed by atoms with Crippen molar-refractivity contribution in [2.75, 3.05) is 58.4 Å². The van der Waals surface area contributed by atoms with Crippen molar-refractivity contribution in [2.24, 2.45) is 5.41 Å². The fraction of sp³-hybridized carbons (Fsp3) is 0.588. The number of rotatable bonds is 10. The molecule has 0 unspecified atom stereocenters. The van der Waals surface area contributed by atoms with Crippen molar-refractivity contribution in [3.8, 4) is 0 Å². The summed E-state index contributed by atoms with van der Waals surface area (Å²) in [6, 6.07) is 6.91. The standard InChI is InChI=1S/C34H48F2N6O4SSi/c1-32(2,3)48(4,5)46-20-21-47(44,45)39-26-6-7-27(28(23-26)40-15-10-33(8-9-33)11-16-40)38-31(43)25-22-29(30-37-14-19-42(30)24-25)41-17-12-34(35,36)13-18-41/h6-7,14,19,22-24,39H,8-13,15-18,20-21H2,1-5H3,(H,38,43). The first kappa shape index (κ1) is 34.6. The molecular formula is C34H48F2N6O4SSi. The van der Waals surface area contributed by atoms with E-state index in [1.165, 1.54) is 12.8 Å². The molecule has 0 atom stereocenters. The molecule has 6 rings (SSSR count). The molecule has 0 bridgehead atoms. The summed E-state index contributed by atoms with van der Waals surface area (Å²) in [5.74, 6) is -3.21. The first-order valence-electron chi connectivity index (χ1n) is 16.9. The Hall–Kier alpha value is -3.23. The van der Waals surface area contributed by atoms with Crippen molar-refractivity contribution in [3.63, 3.8) is 0 Å². The highest BCUT2D eigenvalue weighted by Crippen LogP contribution is 2.54. The van der Waals surface area contributed by atoms with Crippen LogP contribution in [0.25, 0.3) is 5.65 Å². The minimum absolute atomic E-state index is 0.0236. The van der Waals surface area contributed by atoms with Gasteiger partial charge in [0.2, 0.25) is 10.0 Å². The number of nitrogens with one attached hydrogen (secondary N) is 2. The van der Waals surface area contributed by atoms with E-state index in [2.05, 4.69) is 53.8 Å². The van der Waals surface area contributed by atoms with Crippen LogP contribution in [0, 0.1) is 5.41 Å². The molecule has 1 spiro atoms. The quantitative estimate of drug-likeness (QED) is 0.220. The summed E-state index contributed by atoms with van der Waals surface area (Å²) in [4.78, 5) is 22.3. The molecule has 1 aliphatic carbocycles. The number of carbonyl (C=O) groups is 1. The van der Waals surface area contributed by atoms with Crippen LogP contribution in [0.4, 0.5) is 31.5 Å². The number of nitrogens with zero attached hydrogens (tertiary/aromatic N) is 4. The van der Waals surface area contributed by atoms with Gasteiger partial charge in [-0.2, -0.15) is 0 Å². The summed E-state index contributed by atoms with van der Waals surface area (Å²) in [6.45, 7) is 12.6. The topological polar surface area (TPSA) is 108 Å². The average molecular weight is 703 g/mol. The molecule has 2 aromatic heterocycles. The molecule has 262 valence electrons. The summed E-state index contributed by atoms with van der Waals surface area (Å²) in [7, 11) is -5.79. The van der Waals surface area contributed by atoms with Gasteiger partial charge in [-0.15, -0.1) is 0 Å². The van der Waals surface area contributed by atoms with Crippen LogP contribution in [0.15, 0.2) is 42.9 Å². The van der Waals surface area contributed by atoms with Crippen molar-refractivity contribution >= 4 is 52.6 Å². The average Bonchev–Trinajstić information content (AvgIpc) is 3.57. The van der Waals surface area contributed by atoms with Crippen molar-refractivity contribution in [1.82, 2.24) is 9.38 Å². The predicted octanol–water partition coefficient (Wildman–Crippen LogP) is 6.97. The summed E-state index contributed by atoms with van der Waals surface area (Å²) in [6.07, 6.45) is 9.13. The Morgan fingerprint density at radius 3 is 2.27 bits per heavy atom. The van der Waals surface area contributed by atoms with Gasteiger partial charge in [0, 0.05) is 64.2 Å². The zero-order valence-corrected chi connectivity index (χ0v) is 30.4. The number of alkyl halides is 2. The Morgan fingerprint density at radius 2 is 1.62 bits per heavy atom. The largest absolute Gasteiger partial charge is 0.416 e. The molecule has 1 aromatic carbocycles. The SMILES string of the molecule is CC(C)(C)[Si](C)(C)OCCS(=O)(=O)Nc1ccc(NC(=O)c2cc(N3CCC(F)(F)CC3)c3nccn3c2)c(N2CCC3(CC2)CC3)c1. The third kappa shape index (κ3) is 7.65. The Labute approximate surface area is 283 Å². The maximum Gasteiger partial charge on any atom is 0.257 e. The lowest BCUT2D eigenvalue weighted by Crippen LogP contribution is -2.42. The van der Waals surface area contributed by atoms with Crippen molar-refractivity contribution < 1.29 is 26.4 Å². The van der Waals surface area contributed by atoms with Gasteiger partial charge in [-0.3, -0.25) is 9.52 Å². The molecule has 14 heteroatoms. The van der Waals surface area contributed by atoms with Crippen molar-refractivity contribution in [1.29, 1.82) is 0 Å². The number of anilines is 4. The van der Waals surface area contributed by atoms with Gasteiger partial charge in [-0.25, -0.2) is 22.2 Å². The van der Waals surface area contributed by atoms with E-state index >= 15 is 0 Å². The smallest absolute Gasteiger partial charge is 0.257 e. The minimum Gasteiger partial charge on any atom is -0.416 e. The fourth-order valence-electron chi connectivity index (χ4n) is 6.36. The van der Waals surface area contributed by atoms with E-state index in [9.17, 15) is 22.0 Å². The fourth-order valence-corrected chi connectivity index (χ4v) is 8.44. The lowest BCUT2D eigenvalue weighted by Gasteiger charge is -2.36. The number of carbonyl (C=O) groups excluding carboxylic acids is 1. The lowest BCUT2D eigenvalue weighted by molar-refractivity contribution is -0.0220. The Morgan fingerprint density at radius 1 is 0.979 bits per heavy atom. The molecule has 4 heterocycles. The first-order valence-corrected chi connectivity index (χ1v) is 21.5. The van der Waals surface area contributed by atoms with E-state index < -0.39 is 24.3 Å². The van der Waals surface area contributed by atoms with Crippen molar-refractivity contribution in [2.45, 2.75) is 83.4 Å². The molecule has 1 saturated carbocycles. The Bertz CT molecular complexity index is 1770. The van der Waals surface area contributed by atoms with Gasteiger partial charge in [0.1, 0.15) is 0 Å². The molecular weight excluding hydrogens is 655 g/mol. The molecule has 2 N–H and O–H groups in total. The van der Waals surface area contributed by atoms with Gasteiger partial charge in [0.05, 0.1) is 34.1 Å². The number of sulfonamides is 1. The predicted molar refractivity (Wildman–Crippen MR) is 190 cm³/mol. The maximum absolute atomic E-state index is 13.9. The number of pyridine rings is 1. The molecule has 2 saturated heterocycles. The molecule has 48 heavy (non-hydrogen) atoms. The summed E-state index contributed by atoms with van der Waals surface area (Å²) in [5.41, 5.74) is 3.77. The summed E-state index contributed by atoms with van der Waals surface area (Å²) >= 11 is 0. The number of amides is 1. The highest BCUT2D eigenvalue weighted by Gasteiger charge is 2.44. The zero-order chi connectivity index (χ0) is 34.5. The van der Waals surface area contributed by atoms with Gasteiger partial charge < -0.3 is 23.9 Å². The van der Waals surface area contributed by atoms with Gasteiger partial charge in [0.25, 0.3) is 11.8 Å². The lowest BCUT2D eigenvalue weighted by atomic mass is 9.93. The number of piperidine rings is 2. The van der Waals surface area contributed by atoms with Gasteiger partial charge in [0.15, 0.2) is 14.0 Å². The number of hydrogen-bond acceptors (Lipinski definition) is 7. The summed E-state index contributed by atoms with van der Waals surface area (Å²) < 4.78 is 64.7. The van der Waals surface area contributed by atoms with E-state index in [1.807, 2.05) is 4.90 Å². The van der Waals surface area contributed by atoms with Crippen LogP contribution in [0.2, 0.25) is 18.1 Å². The number of benzene rings is 1. The van der Waals surface area contributed by atoms with E-state index in [-0.39, 0.29) is 49.2 Å². The van der Waals surface area contributed by atoms with Crippen LogP contribution in [0.5, 0.6) is 0 Å². The molecule has 2 aliphatic heterocycles. The third-order valence-corrected chi connectivity index (χ3v) is 16.6. The first-order chi connectivity index (χ1) is 22.4. The highest BCUT2D eigenvalue weighted by molar-refractivity contribution is 7.92. The second-order valence-electron chi connectivity index (χ2n) is 15.3. The van der Waals surface area contributed by atoms with Crippen LogP contribution in [0.1, 0.15) is 69.7 Å². The van der Waals surface area contributed by atoms with E-state index in [0.717, 1.165) is 31.6 Å². The van der Waals surface area contributed by atoms with Gasteiger partial charge in [-0.1, -0.05) is 20.8 Å². The molecule has 10 nitrogen and oxygen atoms in total. The van der Waals surface area contributed by atoms with Crippen LogP contribution in [-0.4, -0.2) is 76.5 Å². The van der Waals surface area contributed by atoms with Crippen molar-refractivity contribution in [3.05, 3.63) is 48.4 Å². The Balaban J connectivity index is 1.22. The molecule has 3 fully saturated rings. The molecule has 3 aromatic rings. The van der Waals surface area contributed by atoms with E-state index in [0.29, 0.717) is 33.7 Å². The summed E-state index contributed by atoms with van der Waals surface area (Å²) in [5, 5.41) is 3.05. The zero-order valence-electron chi connectivity index (χ0n) is 28.6. The number of hydrogen-bond donors (Lipinski definition) is 2. The molecule has 3 aliphatic rings. The van der Waals surface area contributed by atoms with E-state index in [1.54, 1.807) is 47.3 Å². The van der Waals surface area contributed by atoms with Crippen LogP contribution >= 0.6 is 0 Å². The number of aromatic nitrogens is 2. The number of fused-ring (bicyclic) bond motifs is 1. The molecule has 0 radical (unpaired) electrons. The minimum atomic E-state index is -3.69. The van der Waals surface area contributed by atoms with Gasteiger partial charge >= 0.3 is 0 Å². The second kappa shape index (κ2) is 12.6. The molecule has 1 amide bonds. The highest BCUT2D eigenvalue weighted by atomic mass is 32.2. The van der Waals surface area contributed by atoms with E-state index in [4.69, 9.17) is 4.43 Å². The number of halogens is 2. The van der Waals surface area contributed by atoms with Crippen LogP contribution in [-0.2, 0) is 14.4 Å². The van der Waals surface area contributed by atoms with Crippen LogP contribution < -0.4 is 19.8 Å². The maximum atomic E-state index is 13.9. The normalized spacial score (nSPS) is 19.5.